The van der Waals surface area contributed by atoms with Gasteiger partial charge in [-0.3, -0.25) is 0 Å². The van der Waals surface area contributed by atoms with E-state index in [1.165, 1.54) is 13.3 Å². The quantitative estimate of drug-likeness (QED) is 0.676. The maximum absolute atomic E-state index is 12.6. The minimum absolute atomic E-state index is 0.0572. The molecule has 1 aromatic heterocycles. The van der Waals surface area contributed by atoms with Gasteiger partial charge in [0, 0.05) is 5.56 Å². The normalized spacial score (nSPS) is 11.5. The van der Waals surface area contributed by atoms with E-state index in [1.54, 1.807) is 29.2 Å². The summed E-state index contributed by atoms with van der Waals surface area (Å²) in [4.78, 5) is 4.21. The number of ether oxygens (including phenoxy) is 2. The van der Waals surface area contributed by atoms with E-state index < -0.39 is 6.61 Å². The molecular weight excluding hydrogens is 304 g/mol. The van der Waals surface area contributed by atoms with E-state index in [0.29, 0.717) is 5.56 Å². The third kappa shape index (κ3) is 3.13. The van der Waals surface area contributed by atoms with Crippen LogP contribution in [0.25, 0.3) is 11.0 Å². The van der Waals surface area contributed by atoms with Gasteiger partial charge in [-0.2, -0.15) is 13.9 Å². The van der Waals surface area contributed by atoms with Crippen LogP contribution in [0.1, 0.15) is 5.56 Å². The highest BCUT2D eigenvalue weighted by molar-refractivity contribution is 5.85. The number of aromatic nitrogens is 2. The number of fused-ring (bicyclic) bond motifs is 1. The Balaban J connectivity index is 1.99. The molecule has 0 bridgehead atoms. The number of halogens is 2. The molecule has 0 unspecified atom stereocenters. The second-order valence-corrected chi connectivity index (χ2v) is 4.58. The lowest BCUT2D eigenvalue weighted by Crippen LogP contribution is -2.06. The van der Waals surface area contributed by atoms with E-state index in [0.717, 1.165) is 11.0 Å². The Labute approximate surface area is 130 Å². The van der Waals surface area contributed by atoms with Crippen LogP contribution in [-0.4, -0.2) is 29.6 Å². The molecule has 23 heavy (non-hydrogen) atoms. The number of alkyl halides is 2. The molecule has 0 N–H and O–H groups in total. The van der Waals surface area contributed by atoms with Crippen molar-refractivity contribution < 1.29 is 18.3 Å². The van der Waals surface area contributed by atoms with Crippen LogP contribution in [0.4, 0.5) is 8.78 Å². The molecule has 0 fully saturated rings. The van der Waals surface area contributed by atoms with Crippen molar-refractivity contribution in [3.05, 3.63) is 54.4 Å². The van der Waals surface area contributed by atoms with Crippen molar-refractivity contribution in [1.29, 1.82) is 0 Å². The van der Waals surface area contributed by atoms with Crippen LogP contribution in [0.5, 0.6) is 11.5 Å². The molecule has 0 aliphatic carbocycles. The van der Waals surface area contributed by atoms with E-state index in [2.05, 4.69) is 14.8 Å². The van der Waals surface area contributed by atoms with Crippen molar-refractivity contribution in [2.45, 2.75) is 6.61 Å². The fraction of sp³-hybridized carbons (Fsp3) is 0.125. The van der Waals surface area contributed by atoms with E-state index in [9.17, 15) is 8.78 Å². The first-order valence-corrected chi connectivity index (χ1v) is 6.77. The van der Waals surface area contributed by atoms with E-state index in [-0.39, 0.29) is 11.5 Å². The maximum Gasteiger partial charge on any atom is 0.387 e. The van der Waals surface area contributed by atoms with Gasteiger partial charge in [0.05, 0.1) is 24.4 Å². The highest BCUT2D eigenvalue weighted by Crippen LogP contribution is 2.31. The molecule has 0 atom stereocenters. The molecule has 7 heteroatoms. The molecular formula is C16H13F2N3O2. The summed E-state index contributed by atoms with van der Waals surface area (Å²) in [6.07, 6.45) is 2.98. The Morgan fingerprint density at radius 3 is 2.78 bits per heavy atom. The standard InChI is InChI=1S/C16H13F2N3O2/c1-22-14-8-4-5-11(15(14)23-16(17)18)9-20-21-10-19-12-6-2-3-7-13(12)21/h2-10,16H,1H3/b20-9-. The topological polar surface area (TPSA) is 48.6 Å². The van der Waals surface area contributed by atoms with E-state index in [4.69, 9.17) is 4.74 Å². The Kier molecular flexibility index (Phi) is 4.18. The van der Waals surface area contributed by atoms with E-state index in [1.807, 2.05) is 24.3 Å². The molecule has 0 saturated heterocycles. The molecule has 1 heterocycles. The van der Waals surface area contributed by atoms with Crippen molar-refractivity contribution in [3.63, 3.8) is 0 Å². The molecule has 3 aromatic rings. The first-order chi connectivity index (χ1) is 11.2. The minimum atomic E-state index is -2.95. The largest absolute Gasteiger partial charge is 0.493 e. The Morgan fingerprint density at radius 2 is 2.00 bits per heavy atom. The fourth-order valence-electron chi connectivity index (χ4n) is 2.17. The number of hydrogen-bond acceptors (Lipinski definition) is 4. The van der Waals surface area contributed by atoms with Crippen LogP contribution in [0, 0.1) is 0 Å². The number of hydrogen-bond donors (Lipinski definition) is 0. The van der Waals surface area contributed by atoms with Crippen LogP contribution in [0.2, 0.25) is 0 Å². The number of rotatable bonds is 5. The third-order valence-corrected chi connectivity index (χ3v) is 3.19. The number of para-hydroxylation sites is 3. The smallest absolute Gasteiger partial charge is 0.387 e. The second kappa shape index (κ2) is 6.43. The van der Waals surface area contributed by atoms with Crippen LogP contribution in [-0.2, 0) is 0 Å². The number of nitrogens with zero attached hydrogens (tertiary/aromatic N) is 3. The van der Waals surface area contributed by atoms with Crippen molar-refractivity contribution in [2.75, 3.05) is 7.11 Å². The predicted molar refractivity (Wildman–Crippen MR) is 82.4 cm³/mol. The van der Waals surface area contributed by atoms with Crippen molar-refractivity contribution in [2.24, 2.45) is 5.10 Å². The highest BCUT2D eigenvalue weighted by atomic mass is 19.3. The fourth-order valence-corrected chi connectivity index (χ4v) is 2.17. The average Bonchev–Trinajstić information content (AvgIpc) is 2.96. The third-order valence-electron chi connectivity index (χ3n) is 3.19. The molecule has 5 nitrogen and oxygen atoms in total. The first-order valence-electron chi connectivity index (χ1n) is 6.77. The lowest BCUT2D eigenvalue weighted by molar-refractivity contribution is -0.0513. The van der Waals surface area contributed by atoms with Crippen molar-refractivity contribution >= 4 is 17.2 Å². The lowest BCUT2D eigenvalue weighted by atomic mass is 10.2. The summed E-state index contributed by atoms with van der Waals surface area (Å²) in [6, 6.07) is 12.3. The van der Waals surface area contributed by atoms with Crippen LogP contribution >= 0.6 is 0 Å². The van der Waals surface area contributed by atoms with Gasteiger partial charge in [-0.1, -0.05) is 18.2 Å². The number of imidazole rings is 1. The Hall–Kier alpha value is -2.96. The highest BCUT2D eigenvalue weighted by Gasteiger charge is 2.14. The van der Waals surface area contributed by atoms with Gasteiger partial charge < -0.3 is 9.47 Å². The van der Waals surface area contributed by atoms with Crippen LogP contribution in [0.15, 0.2) is 53.9 Å². The zero-order chi connectivity index (χ0) is 16.2. The predicted octanol–water partition coefficient (Wildman–Crippen LogP) is 3.53. The second-order valence-electron chi connectivity index (χ2n) is 4.58. The minimum Gasteiger partial charge on any atom is -0.493 e. The zero-order valence-corrected chi connectivity index (χ0v) is 12.2. The van der Waals surface area contributed by atoms with E-state index >= 15 is 0 Å². The first kappa shape index (κ1) is 15.0. The van der Waals surface area contributed by atoms with Gasteiger partial charge in [-0.05, 0) is 24.3 Å². The monoisotopic (exact) mass is 317 g/mol. The molecule has 0 radical (unpaired) electrons. The molecule has 0 amide bonds. The van der Waals surface area contributed by atoms with Gasteiger partial charge in [-0.25, -0.2) is 9.66 Å². The summed E-state index contributed by atoms with van der Waals surface area (Å²) in [7, 11) is 1.39. The number of methoxy groups -OCH3 is 1. The molecule has 3 rings (SSSR count). The zero-order valence-electron chi connectivity index (χ0n) is 12.2. The van der Waals surface area contributed by atoms with Gasteiger partial charge in [0.25, 0.3) is 0 Å². The molecule has 0 aliphatic rings. The van der Waals surface area contributed by atoms with Gasteiger partial charge in [0.1, 0.15) is 6.33 Å². The summed E-state index contributed by atoms with van der Waals surface area (Å²) >= 11 is 0. The van der Waals surface area contributed by atoms with Crippen LogP contribution in [0.3, 0.4) is 0 Å². The summed E-state index contributed by atoms with van der Waals surface area (Å²) in [6.45, 7) is -2.95. The molecule has 2 aromatic carbocycles. The van der Waals surface area contributed by atoms with Crippen LogP contribution < -0.4 is 9.47 Å². The average molecular weight is 317 g/mol. The maximum atomic E-state index is 12.6. The Bertz CT molecular complexity index is 846. The van der Waals surface area contributed by atoms with Gasteiger partial charge in [0.2, 0.25) is 0 Å². The van der Waals surface area contributed by atoms with Gasteiger partial charge in [0.15, 0.2) is 11.5 Å². The Morgan fingerprint density at radius 1 is 1.17 bits per heavy atom. The number of benzene rings is 2. The summed E-state index contributed by atoms with van der Waals surface area (Å²) in [5, 5.41) is 4.26. The summed E-state index contributed by atoms with van der Waals surface area (Å²) in [5.41, 5.74) is 1.98. The van der Waals surface area contributed by atoms with Gasteiger partial charge >= 0.3 is 6.61 Å². The summed E-state index contributed by atoms with van der Waals surface area (Å²) in [5.74, 6) is 0.155. The van der Waals surface area contributed by atoms with Crippen molar-refractivity contribution in [3.8, 4) is 11.5 Å². The molecule has 0 saturated carbocycles. The molecule has 0 spiro atoms. The molecule has 0 aliphatic heterocycles. The summed E-state index contributed by atoms with van der Waals surface area (Å²) < 4.78 is 36.4. The van der Waals surface area contributed by atoms with Gasteiger partial charge in [-0.15, -0.1) is 0 Å². The molecule has 118 valence electrons. The lowest BCUT2D eigenvalue weighted by Gasteiger charge is -2.11. The SMILES string of the molecule is COc1cccc(/C=N\n2cnc3ccccc32)c1OC(F)F. The van der Waals surface area contributed by atoms with Crippen molar-refractivity contribution in [1.82, 2.24) is 9.66 Å².